The lowest BCUT2D eigenvalue weighted by molar-refractivity contribution is -0.129. The van der Waals surface area contributed by atoms with Crippen molar-refractivity contribution in [2.24, 2.45) is 5.92 Å². The maximum atomic E-state index is 12.0. The number of carbonyl (C=O) groups is 2. The highest BCUT2D eigenvalue weighted by molar-refractivity contribution is 5.93. The highest BCUT2D eigenvalue weighted by atomic mass is 16.5. The molecule has 1 fully saturated rings. The Morgan fingerprint density at radius 2 is 1.75 bits per heavy atom. The predicted molar refractivity (Wildman–Crippen MR) is 109 cm³/mol. The van der Waals surface area contributed by atoms with Crippen molar-refractivity contribution in [3.63, 3.8) is 0 Å². The fourth-order valence-electron chi connectivity index (χ4n) is 2.96. The Bertz CT molecular complexity index is 828. The Morgan fingerprint density at radius 1 is 1.07 bits per heavy atom. The number of anilines is 2. The van der Waals surface area contributed by atoms with Gasteiger partial charge in [-0.2, -0.15) is 0 Å². The molecule has 0 saturated carbocycles. The molecule has 148 valence electrons. The lowest BCUT2D eigenvalue weighted by Gasteiger charge is -2.35. The third-order valence-corrected chi connectivity index (χ3v) is 4.69. The molecule has 0 radical (unpaired) electrons. The average molecular weight is 382 g/mol. The van der Waals surface area contributed by atoms with E-state index in [1.54, 1.807) is 25.3 Å². The monoisotopic (exact) mass is 382 g/mol. The largest absolute Gasteiger partial charge is 0.437 e. The molecule has 1 aromatic carbocycles. The van der Waals surface area contributed by atoms with Gasteiger partial charge >= 0.3 is 0 Å². The minimum Gasteiger partial charge on any atom is -0.437 e. The maximum absolute atomic E-state index is 12.0. The first-order valence-electron chi connectivity index (χ1n) is 9.48. The summed E-state index contributed by atoms with van der Waals surface area (Å²) in [5, 5.41) is 2.84. The van der Waals surface area contributed by atoms with E-state index >= 15 is 0 Å². The molecule has 7 heteroatoms. The van der Waals surface area contributed by atoms with Gasteiger partial charge < -0.3 is 19.9 Å². The molecule has 28 heavy (non-hydrogen) atoms. The summed E-state index contributed by atoms with van der Waals surface area (Å²) in [6.07, 6.45) is 1.63. The number of pyridine rings is 1. The van der Waals surface area contributed by atoms with Gasteiger partial charge in [-0.1, -0.05) is 13.8 Å². The molecule has 1 aromatic heterocycles. The van der Waals surface area contributed by atoms with Crippen molar-refractivity contribution >= 4 is 23.2 Å². The van der Waals surface area contributed by atoms with Crippen molar-refractivity contribution in [2.45, 2.75) is 20.8 Å². The molecule has 0 bridgehead atoms. The summed E-state index contributed by atoms with van der Waals surface area (Å²) in [6, 6.07) is 11.3. The SMILES string of the molecule is CC(=O)N1CCN(c2ccc(Oc3ncccc3NC(=O)C(C)C)cc2)CC1. The van der Waals surface area contributed by atoms with Crippen molar-refractivity contribution in [1.82, 2.24) is 9.88 Å². The molecule has 2 heterocycles. The van der Waals surface area contributed by atoms with Gasteiger partial charge in [0.25, 0.3) is 0 Å². The van der Waals surface area contributed by atoms with Gasteiger partial charge in [0.1, 0.15) is 11.4 Å². The van der Waals surface area contributed by atoms with Crippen molar-refractivity contribution in [1.29, 1.82) is 0 Å². The number of piperazine rings is 1. The number of hydrogen-bond donors (Lipinski definition) is 1. The number of aromatic nitrogens is 1. The Kier molecular flexibility index (Phi) is 6.13. The van der Waals surface area contributed by atoms with Crippen LogP contribution in [0.1, 0.15) is 20.8 Å². The summed E-state index contributed by atoms with van der Waals surface area (Å²) >= 11 is 0. The lowest BCUT2D eigenvalue weighted by Crippen LogP contribution is -2.48. The van der Waals surface area contributed by atoms with Crippen LogP contribution in [0.4, 0.5) is 11.4 Å². The van der Waals surface area contributed by atoms with Gasteiger partial charge in [-0.15, -0.1) is 0 Å². The van der Waals surface area contributed by atoms with Crippen molar-refractivity contribution in [3.05, 3.63) is 42.6 Å². The van der Waals surface area contributed by atoms with Crippen LogP contribution in [0.15, 0.2) is 42.6 Å². The van der Waals surface area contributed by atoms with Gasteiger partial charge in [-0.3, -0.25) is 9.59 Å². The molecule has 0 spiro atoms. The van der Waals surface area contributed by atoms with Crippen LogP contribution in [0.25, 0.3) is 0 Å². The third-order valence-electron chi connectivity index (χ3n) is 4.69. The Balaban J connectivity index is 1.65. The standard InChI is InChI=1S/C21H26N4O3/c1-15(2)20(27)23-19-5-4-10-22-21(19)28-18-8-6-17(7-9-18)25-13-11-24(12-14-25)16(3)26/h4-10,15H,11-14H2,1-3H3,(H,23,27). The predicted octanol–water partition coefficient (Wildman–Crippen LogP) is 3.14. The maximum Gasteiger partial charge on any atom is 0.243 e. The fourth-order valence-corrected chi connectivity index (χ4v) is 2.96. The van der Waals surface area contributed by atoms with Crippen molar-refractivity contribution in [3.8, 4) is 11.6 Å². The smallest absolute Gasteiger partial charge is 0.243 e. The van der Waals surface area contributed by atoms with E-state index in [2.05, 4.69) is 15.2 Å². The minimum atomic E-state index is -0.129. The van der Waals surface area contributed by atoms with E-state index in [-0.39, 0.29) is 17.7 Å². The number of nitrogens with one attached hydrogen (secondary N) is 1. The molecular weight excluding hydrogens is 356 g/mol. The van der Waals surface area contributed by atoms with Gasteiger partial charge in [-0.25, -0.2) is 4.98 Å². The summed E-state index contributed by atoms with van der Waals surface area (Å²) in [5.74, 6) is 0.914. The number of rotatable bonds is 5. The zero-order valence-electron chi connectivity index (χ0n) is 16.5. The van der Waals surface area contributed by atoms with Crippen LogP contribution >= 0.6 is 0 Å². The highest BCUT2D eigenvalue weighted by Crippen LogP contribution is 2.29. The summed E-state index contributed by atoms with van der Waals surface area (Å²) in [7, 11) is 0. The number of hydrogen-bond acceptors (Lipinski definition) is 5. The molecule has 1 aliphatic heterocycles. The van der Waals surface area contributed by atoms with Gasteiger partial charge in [0.05, 0.1) is 0 Å². The second kappa shape index (κ2) is 8.73. The molecule has 2 amide bonds. The zero-order valence-corrected chi connectivity index (χ0v) is 16.5. The first-order valence-corrected chi connectivity index (χ1v) is 9.48. The summed E-state index contributed by atoms with van der Waals surface area (Å²) < 4.78 is 5.88. The molecule has 1 aliphatic rings. The third kappa shape index (κ3) is 4.79. The summed E-state index contributed by atoms with van der Waals surface area (Å²) in [4.78, 5) is 31.8. The Hall–Kier alpha value is -3.09. The number of amides is 2. The van der Waals surface area contributed by atoms with Crippen LogP contribution < -0.4 is 15.0 Å². The van der Waals surface area contributed by atoms with E-state index < -0.39 is 0 Å². The van der Waals surface area contributed by atoms with Gasteiger partial charge in [0.15, 0.2) is 0 Å². The van der Waals surface area contributed by atoms with E-state index in [0.717, 1.165) is 31.9 Å². The highest BCUT2D eigenvalue weighted by Gasteiger charge is 2.19. The van der Waals surface area contributed by atoms with E-state index in [1.165, 1.54) is 0 Å². The van der Waals surface area contributed by atoms with E-state index in [9.17, 15) is 9.59 Å². The molecule has 2 aromatic rings. The van der Waals surface area contributed by atoms with Crippen LogP contribution in [0.5, 0.6) is 11.6 Å². The second-order valence-corrected chi connectivity index (χ2v) is 7.09. The van der Waals surface area contributed by atoms with Crippen LogP contribution in [0.2, 0.25) is 0 Å². The van der Waals surface area contributed by atoms with Gasteiger partial charge in [-0.05, 0) is 36.4 Å². The second-order valence-electron chi connectivity index (χ2n) is 7.09. The average Bonchev–Trinajstić information content (AvgIpc) is 2.70. The van der Waals surface area contributed by atoms with E-state index in [0.29, 0.717) is 17.3 Å². The molecule has 0 unspecified atom stereocenters. The number of nitrogens with zero attached hydrogens (tertiary/aromatic N) is 3. The van der Waals surface area contributed by atoms with Crippen LogP contribution in [0, 0.1) is 5.92 Å². The molecule has 0 aliphatic carbocycles. The molecule has 3 rings (SSSR count). The van der Waals surface area contributed by atoms with Crippen LogP contribution in [-0.2, 0) is 9.59 Å². The fraction of sp³-hybridized carbons (Fsp3) is 0.381. The molecule has 1 saturated heterocycles. The Morgan fingerprint density at radius 3 is 2.36 bits per heavy atom. The number of carbonyl (C=O) groups excluding carboxylic acids is 2. The summed E-state index contributed by atoms with van der Waals surface area (Å²) in [6.45, 7) is 8.37. The number of benzene rings is 1. The lowest BCUT2D eigenvalue weighted by atomic mass is 10.2. The van der Waals surface area contributed by atoms with Crippen LogP contribution in [0.3, 0.4) is 0 Å². The molecule has 1 N–H and O–H groups in total. The van der Waals surface area contributed by atoms with Crippen molar-refractivity contribution < 1.29 is 14.3 Å². The normalized spacial score (nSPS) is 14.1. The van der Waals surface area contributed by atoms with Gasteiger partial charge in [0.2, 0.25) is 17.7 Å². The zero-order chi connectivity index (χ0) is 20.1. The molecule has 0 atom stereocenters. The topological polar surface area (TPSA) is 74.8 Å². The molecule has 7 nitrogen and oxygen atoms in total. The van der Waals surface area contributed by atoms with E-state index in [1.807, 2.05) is 43.0 Å². The first-order chi connectivity index (χ1) is 13.4. The molecular formula is C21H26N4O3. The summed E-state index contributed by atoms with van der Waals surface area (Å²) in [5.41, 5.74) is 1.63. The number of ether oxygens (including phenoxy) is 1. The minimum absolute atomic E-state index is 0.0853. The van der Waals surface area contributed by atoms with Crippen LogP contribution in [-0.4, -0.2) is 47.9 Å². The quantitative estimate of drug-likeness (QED) is 0.860. The first kappa shape index (κ1) is 19.7. The van der Waals surface area contributed by atoms with Gasteiger partial charge in [0, 0.05) is 50.9 Å². The Labute approximate surface area is 165 Å². The van der Waals surface area contributed by atoms with Crippen molar-refractivity contribution in [2.75, 3.05) is 36.4 Å². The van der Waals surface area contributed by atoms with E-state index in [4.69, 9.17) is 4.74 Å².